The molecule has 0 amide bonds. The Morgan fingerprint density at radius 2 is 1.80 bits per heavy atom. The molecule has 1 aromatic heterocycles. The van der Waals surface area contributed by atoms with Crippen molar-refractivity contribution in [2.45, 2.75) is 25.3 Å². The fraction of sp³-hybridized carbons (Fsp3) is 0.160. The van der Waals surface area contributed by atoms with Crippen molar-refractivity contribution in [2.75, 3.05) is 5.32 Å². The molecule has 3 aromatic carbocycles. The summed E-state index contributed by atoms with van der Waals surface area (Å²) in [5.74, 6) is 0.800. The summed E-state index contributed by atoms with van der Waals surface area (Å²) in [4.78, 5) is 4.95. The molecular weight excluding hydrogens is 364 g/mol. The lowest BCUT2D eigenvalue weighted by Crippen LogP contribution is -2.27. The molecule has 4 radical (unpaired) electrons. The zero-order valence-electron chi connectivity index (χ0n) is 17.0. The van der Waals surface area contributed by atoms with Crippen LogP contribution in [-0.2, 0) is 5.54 Å². The van der Waals surface area contributed by atoms with E-state index in [4.69, 9.17) is 20.7 Å². The number of nitrogens with one attached hydrogen (secondary N) is 1. The van der Waals surface area contributed by atoms with E-state index in [1.54, 1.807) is 0 Å². The van der Waals surface area contributed by atoms with Crippen molar-refractivity contribution in [3.63, 3.8) is 0 Å². The van der Waals surface area contributed by atoms with Gasteiger partial charge in [0, 0.05) is 5.69 Å². The van der Waals surface area contributed by atoms with E-state index >= 15 is 0 Å². The molecule has 3 nitrogen and oxygen atoms in total. The van der Waals surface area contributed by atoms with Crippen LogP contribution in [0.1, 0.15) is 29.5 Å². The molecule has 1 saturated carbocycles. The second kappa shape index (κ2) is 6.94. The van der Waals surface area contributed by atoms with Crippen molar-refractivity contribution in [3.05, 3.63) is 90.0 Å². The maximum Gasteiger partial charge on any atom is 0.209 e. The molecule has 1 N–H and O–H groups in total. The number of imidazole rings is 1. The third-order valence-corrected chi connectivity index (χ3v) is 5.95. The van der Waals surface area contributed by atoms with Crippen molar-refractivity contribution < 1.29 is 0 Å². The maximum absolute atomic E-state index is 6.40. The lowest BCUT2D eigenvalue weighted by molar-refractivity contribution is 0.602. The van der Waals surface area contributed by atoms with E-state index in [2.05, 4.69) is 65.9 Å². The third kappa shape index (κ3) is 3.06. The van der Waals surface area contributed by atoms with Crippen LogP contribution in [0.5, 0.6) is 0 Å². The van der Waals surface area contributed by atoms with E-state index in [0.29, 0.717) is 5.47 Å². The normalized spacial score (nSPS) is 14.6. The molecular formula is C25H21B2N3. The highest BCUT2D eigenvalue weighted by molar-refractivity contribution is 6.41. The minimum Gasteiger partial charge on any atom is -0.326 e. The number of benzene rings is 3. The van der Waals surface area contributed by atoms with Crippen LogP contribution in [0.15, 0.2) is 73.3 Å². The van der Waals surface area contributed by atoms with Crippen molar-refractivity contribution in [1.29, 1.82) is 0 Å². The number of aryl methyl sites for hydroxylation is 1. The Bertz CT molecular complexity index is 1270. The molecule has 5 rings (SSSR count). The van der Waals surface area contributed by atoms with Crippen LogP contribution in [0.4, 0.5) is 11.6 Å². The van der Waals surface area contributed by atoms with Crippen LogP contribution in [-0.4, -0.2) is 25.2 Å². The average Bonchev–Trinajstić information content (AvgIpc) is 3.44. The second-order valence-corrected chi connectivity index (χ2v) is 8.11. The van der Waals surface area contributed by atoms with Gasteiger partial charge in [-0.1, -0.05) is 59.0 Å². The molecule has 0 unspecified atom stereocenters. The van der Waals surface area contributed by atoms with Crippen LogP contribution in [0, 0.1) is 6.92 Å². The van der Waals surface area contributed by atoms with Gasteiger partial charge < -0.3 is 5.32 Å². The van der Waals surface area contributed by atoms with Crippen molar-refractivity contribution in [2.24, 2.45) is 0 Å². The van der Waals surface area contributed by atoms with E-state index in [-0.39, 0.29) is 5.54 Å². The minimum atomic E-state index is -0.200. The average molecular weight is 385 g/mol. The molecule has 0 saturated heterocycles. The fourth-order valence-corrected chi connectivity index (χ4v) is 4.22. The quantitative estimate of drug-likeness (QED) is 0.511. The number of hydrogen-bond donors (Lipinski definition) is 1. The highest BCUT2D eigenvalue weighted by Gasteiger charge is 2.49. The van der Waals surface area contributed by atoms with Gasteiger partial charge in [0.1, 0.15) is 15.7 Å². The Morgan fingerprint density at radius 1 is 1.07 bits per heavy atom. The van der Waals surface area contributed by atoms with Crippen molar-refractivity contribution >= 4 is 49.3 Å². The summed E-state index contributed by atoms with van der Waals surface area (Å²) in [5.41, 5.74) is 7.33. The molecule has 4 aromatic rings. The van der Waals surface area contributed by atoms with Crippen molar-refractivity contribution in [3.8, 4) is 0 Å². The first kappa shape index (κ1) is 18.8. The van der Waals surface area contributed by atoms with Crippen LogP contribution in [0.25, 0.3) is 16.5 Å². The van der Waals surface area contributed by atoms with E-state index in [1.165, 1.54) is 5.56 Å². The van der Waals surface area contributed by atoms with Crippen molar-refractivity contribution in [1.82, 2.24) is 9.55 Å². The maximum atomic E-state index is 6.40. The highest BCUT2D eigenvalue weighted by atomic mass is 15.3. The zero-order chi connectivity index (χ0) is 20.9. The Balaban J connectivity index is 1.71. The van der Waals surface area contributed by atoms with Gasteiger partial charge in [-0.05, 0) is 55.2 Å². The van der Waals surface area contributed by atoms with E-state index in [0.717, 1.165) is 52.1 Å². The number of hydrogen-bond acceptors (Lipinski definition) is 2. The molecule has 1 aliphatic rings. The van der Waals surface area contributed by atoms with E-state index in [9.17, 15) is 0 Å². The van der Waals surface area contributed by atoms with Gasteiger partial charge in [0.25, 0.3) is 0 Å². The molecule has 142 valence electrons. The zero-order valence-corrected chi connectivity index (χ0v) is 17.0. The predicted octanol–water partition coefficient (Wildman–Crippen LogP) is 4.56. The summed E-state index contributed by atoms with van der Waals surface area (Å²) in [5, 5.41) is 3.53. The number of aromatic nitrogens is 2. The van der Waals surface area contributed by atoms with E-state index in [1.807, 2.05) is 24.3 Å². The lowest BCUT2D eigenvalue weighted by Gasteiger charge is -2.24. The first-order chi connectivity index (χ1) is 14.5. The molecule has 0 aliphatic heterocycles. The minimum absolute atomic E-state index is 0.200. The van der Waals surface area contributed by atoms with Gasteiger partial charge in [0.15, 0.2) is 0 Å². The summed E-state index contributed by atoms with van der Waals surface area (Å²) in [6.45, 7) is 5.95. The van der Waals surface area contributed by atoms with Gasteiger partial charge in [-0.2, -0.15) is 0 Å². The molecule has 0 spiro atoms. The molecule has 5 heteroatoms. The second-order valence-electron chi connectivity index (χ2n) is 8.11. The summed E-state index contributed by atoms with van der Waals surface area (Å²) >= 11 is 0. The summed E-state index contributed by atoms with van der Waals surface area (Å²) in [6.07, 6.45) is 2.03. The summed E-state index contributed by atoms with van der Waals surface area (Å²) < 4.78 is 2.30. The topological polar surface area (TPSA) is 29.9 Å². The molecule has 0 atom stereocenters. The molecule has 1 fully saturated rings. The van der Waals surface area contributed by atoms with Gasteiger partial charge in [0.2, 0.25) is 5.95 Å². The Kier molecular flexibility index (Phi) is 4.35. The summed E-state index contributed by atoms with van der Waals surface area (Å²) in [7, 11) is 12.3. The molecule has 0 bridgehead atoms. The largest absolute Gasteiger partial charge is 0.326 e. The fourth-order valence-electron chi connectivity index (χ4n) is 4.22. The summed E-state index contributed by atoms with van der Waals surface area (Å²) in [6, 6.07) is 22.5. The number of anilines is 2. The number of fused-ring (bicyclic) bond motifs is 1. The SMILES string of the molecule is [B]C(=C)c1ccc2c(c1)nc(Nc1ccc(C)cc1)n2C1(c2ccccc2[B])CC1. The number of rotatable bonds is 5. The Hall–Kier alpha value is -3.20. The predicted molar refractivity (Wildman–Crippen MR) is 127 cm³/mol. The highest BCUT2D eigenvalue weighted by Crippen LogP contribution is 2.52. The third-order valence-electron chi connectivity index (χ3n) is 5.95. The Labute approximate surface area is 179 Å². The van der Waals surface area contributed by atoms with Gasteiger partial charge in [-0.15, -0.1) is 6.58 Å². The first-order valence-corrected chi connectivity index (χ1v) is 10.1. The van der Waals surface area contributed by atoms with Crippen LogP contribution in [0.2, 0.25) is 0 Å². The van der Waals surface area contributed by atoms with Crippen LogP contribution in [0.3, 0.4) is 0 Å². The molecule has 30 heavy (non-hydrogen) atoms. The van der Waals surface area contributed by atoms with Gasteiger partial charge in [-0.3, -0.25) is 4.57 Å². The molecule has 1 aliphatic carbocycles. The first-order valence-electron chi connectivity index (χ1n) is 10.1. The smallest absolute Gasteiger partial charge is 0.209 e. The van der Waals surface area contributed by atoms with Gasteiger partial charge in [-0.25, -0.2) is 4.98 Å². The number of nitrogens with zero attached hydrogens (tertiary/aromatic N) is 2. The standard InChI is InChI=1S/C25H21B2N3/c1-16-7-10-19(11-8-16)28-24-29-22-15-18(17(2)26)9-12-23(22)30(24)25(13-14-25)20-5-3-4-6-21(20)27/h3-12,15H,2,13-14H2,1H3,(H,28,29). The van der Waals surface area contributed by atoms with Crippen LogP contribution >= 0.6 is 0 Å². The van der Waals surface area contributed by atoms with Gasteiger partial charge >= 0.3 is 0 Å². The lowest BCUT2D eigenvalue weighted by atomic mass is 9.85. The molecule has 1 heterocycles. The van der Waals surface area contributed by atoms with Gasteiger partial charge in [0.05, 0.1) is 16.6 Å². The van der Waals surface area contributed by atoms with Crippen LogP contribution < -0.4 is 10.8 Å². The van der Waals surface area contributed by atoms with E-state index < -0.39 is 0 Å². The Morgan fingerprint density at radius 3 is 2.47 bits per heavy atom. The monoisotopic (exact) mass is 385 g/mol.